The summed E-state index contributed by atoms with van der Waals surface area (Å²) in [7, 11) is 0. The molecule has 1 aromatic carbocycles. The molecule has 3 fully saturated rings. The molecular formula is C19H26N4O2. The van der Waals surface area contributed by atoms with Crippen molar-refractivity contribution in [3.8, 4) is 0 Å². The van der Waals surface area contributed by atoms with Crippen molar-refractivity contribution in [2.45, 2.75) is 38.3 Å². The van der Waals surface area contributed by atoms with Crippen LogP contribution in [0.3, 0.4) is 0 Å². The molecule has 2 atom stereocenters. The quantitative estimate of drug-likeness (QED) is 0.810. The summed E-state index contributed by atoms with van der Waals surface area (Å²) < 4.78 is 0. The van der Waals surface area contributed by atoms with E-state index in [9.17, 15) is 9.59 Å². The van der Waals surface area contributed by atoms with Gasteiger partial charge in [0.1, 0.15) is 0 Å². The second-order valence-electron chi connectivity index (χ2n) is 7.63. The number of piperidine rings is 1. The molecule has 3 amide bonds. The molecular weight excluding hydrogens is 316 g/mol. The van der Waals surface area contributed by atoms with Crippen molar-refractivity contribution in [3.05, 3.63) is 35.4 Å². The normalized spacial score (nSPS) is 28.3. The summed E-state index contributed by atoms with van der Waals surface area (Å²) in [5.41, 5.74) is 7.69. The number of urea groups is 1. The first kappa shape index (κ1) is 16.4. The Hall–Kier alpha value is -2.08. The first-order valence-corrected chi connectivity index (χ1v) is 9.17. The van der Waals surface area contributed by atoms with E-state index in [0.29, 0.717) is 13.1 Å². The zero-order valence-corrected chi connectivity index (χ0v) is 14.7. The SMILES string of the molecule is Cc1ccccc1C1C2CC3(CCNCC3)C(=O)N2CCN1C(N)=O. The number of aryl methyl sites for hydroxylation is 1. The van der Waals surface area contributed by atoms with E-state index in [4.69, 9.17) is 5.73 Å². The highest BCUT2D eigenvalue weighted by molar-refractivity contribution is 5.86. The number of benzene rings is 1. The van der Waals surface area contributed by atoms with Gasteiger partial charge in [-0.25, -0.2) is 4.79 Å². The zero-order chi connectivity index (χ0) is 17.6. The van der Waals surface area contributed by atoms with Crippen LogP contribution in [-0.4, -0.2) is 54.0 Å². The molecule has 25 heavy (non-hydrogen) atoms. The van der Waals surface area contributed by atoms with Gasteiger partial charge in [0.05, 0.1) is 17.5 Å². The lowest BCUT2D eigenvalue weighted by atomic mass is 9.75. The predicted molar refractivity (Wildman–Crippen MR) is 94.9 cm³/mol. The maximum Gasteiger partial charge on any atom is 0.315 e. The molecule has 3 aliphatic rings. The van der Waals surface area contributed by atoms with Gasteiger partial charge in [0, 0.05) is 13.1 Å². The lowest BCUT2D eigenvalue weighted by molar-refractivity contribution is -0.139. The number of rotatable bonds is 1. The summed E-state index contributed by atoms with van der Waals surface area (Å²) in [5, 5.41) is 3.36. The largest absolute Gasteiger partial charge is 0.351 e. The first-order valence-electron chi connectivity index (χ1n) is 9.17. The molecule has 3 heterocycles. The first-order chi connectivity index (χ1) is 12.0. The van der Waals surface area contributed by atoms with Crippen LogP contribution in [0.15, 0.2) is 24.3 Å². The molecule has 0 bridgehead atoms. The third-order valence-electron chi connectivity index (χ3n) is 6.35. The standard InChI is InChI=1S/C19H26N4O2/c1-13-4-2-3-5-14(13)16-15-12-19(6-8-21-9-7-19)17(24)22(15)10-11-23(16)18(20)25/h2-5,15-16,21H,6-12H2,1H3,(H2,20,25). The van der Waals surface area contributed by atoms with Crippen LogP contribution in [-0.2, 0) is 4.79 Å². The molecule has 134 valence electrons. The van der Waals surface area contributed by atoms with Crippen molar-refractivity contribution in [1.29, 1.82) is 0 Å². The molecule has 6 nitrogen and oxygen atoms in total. The van der Waals surface area contributed by atoms with Gasteiger partial charge < -0.3 is 20.9 Å². The number of nitrogens with two attached hydrogens (primary N) is 1. The summed E-state index contributed by atoms with van der Waals surface area (Å²) >= 11 is 0. The third-order valence-corrected chi connectivity index (χ3v) is 6.35. The van der Waals surface area contributed by atoms with E-state index >= 15 is 0 Å². The Morgan fingerprint density at radius 2 is 1.96 bits per heavy atom. The van der Waals surface area contributed by atoms with Gasteiger partial charge in [-0.1, -0.05) is 24.3 Å². The fraction of sp³-hybridized carbons (Fsp3) is 0.579. The van der Waals surface area contributed by atoms with E-state index in [-0.39, 0.29) is 23.4 Å². The average Bonchev–Trinajstić information content (AvgIpc) is 2.87. The van der Waals surface area contributed by atoms with Crippen LogP contribution in [0.1, 0.15) is 36.4 Å². The van der Waals surface area contributed by atoms with E-state index < -0.39 is 6.03 Å². The molecule has 3 aliphatic heterocycles. The Kier molecular flexibility index (Phi) is 3.95. The lowest BCUT2D eigenvalue weighted by Gasteiger charge is -2.44. The van der Waals surface area contributed by atoms with Crippen molar-refractivity contribution in [1.82, 2.24) is 15.1 Å². The van der Waals surface area contributed by atoms with E-state index in [2.05, 4.69) is 24.4 Å². The molecule has 1 spiro atoms. The number of amides is 3. The van der Waals surface area contributed by atoms with Crippen LogP contribution in [0.2, 0.25) is 0 Å². The Labute approximate surface area is 148 Å². The molecule has 0 aliphatic carbocycles. The number of primary amides is 1. The summed E-state index contributed by atoms with van der Waals surface area (Å²) in [6.45, 7) is 4.93. The Balaban J connectivity index is 1.75. The maximum absolute atomic E-state index is 13.2. The van der Waals surface area contributed by atoms with Gasteiger partial charge in [-0.15, -0.1) is 0 Å². The van der Waals surface area contributed by atoms with Crippen molar-refractivity contribution < 1.29 is 9.59 Å². The molecule has 2 unspecified atom stereocenters. The second kappa shape index (κ2) is 6.02. The number of nitrogens with zero attached hydrogens (tertiary/aromatic N) is 2. The molecule has 6 heteroatoms. The lowest BCUT2D eigenvalue weighted by Crippen LogP contribution is -2.56. The van der Waals surface area contributed by atoms with Gasteiger partial charge in [-0.05, 0) is 50.4 Å². The van der Waals surface area contributed by atoms with E-state index in [1.54, 1.807) is 4.90 Å². The van der Waals surface area contributed by atoms with Crippen LogP contribution in [0.5, 0.6) is 0 Å². The van der Waals surface area contributed by atoms with Gasteiger partial charge in [0.15, 0.2) is 0 Å². The number of piperazine rings is 1. The van der Waals surface area contributed by atoms with Gasteiger partial charge in [-0.3, -0.25) is 4.79 Å². The predicted octanol–water partition coefficient (Wildman–Crippen LogP) is 1.40. The third kappa shape index (κ3) is 2.51. The van der Waals surface area contributed by atoms with Gasteiger partial charge in [0.2, 0.25) is 5.91 Å². The number of carbonyl (C=O) groups excluding carboxylic acids is 2. The monoisotopic (exact) mass is 342 g/mol. The van der Waals surface area contributed by atoms with Crippen LogP contribution in [0.25, 0.3) is 0 Å². The fourth-order valence-corrected chi connectivity index (χ4v) is 5.03. The molecule has 1 aromatic rings. The molecule has 3 saturated heterocycles. The fourth-order valence-electron chi connectivity index (χ4n) is 5.03. The van der Waals surface area contributed by atoms with E-state index in [1.165, 1.54) is 0 Å². The summed E-state index contributed by atoms with van der Waals surface area (Å²) in [5.74, 6) is 0.279. The minimum absolute atomic E-state index is 0.0212. The minimum atomic E-state index is -0.397. The van der Waals surface area contributed by atoms with Crippen LogP contribution in [0.4, 0.5) is 4.79 Å². The highest BCUT2D eigenvalue weighted by Crippen LogP contribution is 2.49. The number of nitrogens with one attached hydrogen (secondary N) is 1. The summed E-state index contributed by atoms with van der Waals surface area (Å²) in [6, 6.07) is 7.60. The van der Waals surface area contributed by atoms with Crippen molar-refractivity contribution in [3.63, 3.8) is 0 Å². The van der Waals surface area contributed by atoms with Crippen molar-refractivity contribution in [2.75, 3.05) is 26.2 Å². The van der Waals surface area contributed by atoms with Gasteiger partial charge >= 0.3 is 6.03 Å². The molecule has 0 saturated carbocycles. The topological polar surface area (TPSA) is 78.7 Å². The molecule has 3 N–H and O–H groups in total. The molecule has 0 aromatic heterocycles. The van der Waals surface area contributed by atoms with Crippen LogP contribution in [0, 0.1) is 12.3 Å². The molecule has 4 rings (SSSR count). The van der Waals surface area contributed by atoms with E-state index in [0.717, 1.165) is 43.5 Å². The summed E-state index contributed by atoms with van der Waals surface area (Å²) in [6.07, 6.45) is 2.59. The Morgan fingerprint density at radius 1 is 1.24 bits per heavy atom. The highest BCUT2D eigenvalue weighted by Gasteiger charge is 2.56. The van der Waals surface area contributed by atoms with Gasteiger partial charge in [-0.2, -0.15) is 0 Å². The number of carbonyl (C=O) groups is 2. The average molecular weight is 342 g/mol. The summed E-state index contributed by atoms with van der Waals surface area (Å²) in [4.78, 5) is 29.1. The minimum Gasteiger partial charge on any atom is -0.351 e. The Morgan fingerprint density at radius 3 is 2.64 bits per heavy atom. The van der Waals surface area contributed by atoms with Crippen LogP contribution < -0.4 is 11.1 Å². The van der Waals surface area contributed by atoms with Crippen LogP contribution >= 0.6 is 0 Å². The number of fused-ring (bicyclic) bond motifs is 1. The highest BCUT2D eigenvalue weighted by atomic mass is 16.2. The second-order valence-corrected chi connectivity index (χ2v) is 7.63. The van der Waals surface area contributed by atoms with Crippen molar-refractivity contribution in [2.24, 2.45) is 11.1 Å². The van der Waals surface area contributed by atoms with Crippen molar-refractivity contribution >= 4 is 11.9 Å². The molecule has 0 radical (unpaired) electrons. The van der Waals surface area contributed by atoms with E-state index in [1.807, 2.05) is 17.0 Å². The maximum atomic E-state index is 13.2. The van der Waals surface area contributed by atoms with Gasteiger partial charge in [0.25, 0.3) is 0 Å². The number of hydrogen-bond donors (Lipinski definition) is 2. The number of hydrogen-bond acceptors (Lipinski definition) is 3. The zero-order valence-electron chi connectivity index (χ0n) is 14.7. The Bertz CT molecular complexity index is 698. The smallest absolute Gasteiger partial charge is 0.315 e.